The van der Waals surface area contributed by atoms with Crippen molar-refractivity contribution in [3.63, 3.8) is 0 Å². The number of nitrogens with zero attached hydrogens (tertiary/aromatic N) is 4. The number of rotatable bonds is 5. The van der Waals surface area contributed by atoms with Gasteiger partial charge in [0.15, 0.2) is 5.76 Å². The van der Waals surface area contributed by atoms with Gasteiger partial charge in [0.1, 0.15) is 0 Å². The molecule has 0 unspecified atom stereocenters. The van der Waals surface area contributed by atoms with Crippen LogP contribution in [0.1, 0.15) is 19.4 Å². The third-order valence-corrected chi connectivity index (χ3v) is 5.20. The molecular weight excluding hydrogens is 348 g/mol. The first kappa shape index (κ1) is 16.5. The molecule has 3 heterocycles. The number of fused-ring (bicyclic) bond motifs is 1. The Labute approximate surface area is 154 Å². The van der Waals surface area contributed by atoms with Gasteiger partial charge in [0.2, 0.25) is 10.8 Å². The zero-order valence-electron chi connectivity index (χ0n) is 14.5. The number of thiazole rings is 1. The maximum Gasteiger partial charge on any atom is 0.291 e. The van der Waals surface area contributed by atoms with Crippen LogP contribution in [0.15, 0.2) is 51.9 Å². The third-order valence-electron chi connectivity index (χ3n) is 4.24. The summed E-state index contributed by atoms with van der Waals surface area (Å²) in [6.07, 6.45) is 3.44. The zero-order chi connectivity index (χ0) is 18.1. The van der Waals surface area contributed by atoms with E-state index in [1.165, 1.54) is 21.5 Å². The maximum absolute atomic E-state index is 12.6. The molecule has 26 heavy (non-hydrogen) atoms. The molecule has 132 valence electrons. The van der Waals surface area contributed by atoms with E-state index in [9.17, 15) is 4.79 Å². The number of hydrogen-bond acceptors (Lipinski definition) is 6. The first-order valence-electron chi connectivity index (χ1n) is 8.49. The van der Waals surface area contributed by atoms with Crippen LogP contribution in [0.2, 0.25) is 0 Å². The molecule has 4 aromatic rings. The molecule has 0 amide bonds. The van der Waals surface area contributed by atoms with Crippen molar-refractivity contribution in [2.75, 3.05) is 18.0 Å². The molecule has 4 rings (SSSR count). The van der Waals surface area contributed by atoms with Gasteiger partial charge in [0.25, 0.3) is 5.56 Å². The van der Waals surface area contributed by atoms with Gasteiger partial charge in [-0.1, -0.05) is 23.5 Å². The third kappa shape index (κ3) is 2.90. The summed E-state index contributed by atoms with van der Waals surface area (Å²) in [5.74, 6) is 0.978. The average molecular weight is 366 g/mol. The minimum atomic E-state index is -0.164. The van der Waals surface area contributed by atoms with E-state index in [1.807, 2.05) is 18.2 Å². The minimum absolute atomic E-state index is 0.164. The van der Waals surface area contributed by atoms with Gasteiger partial charge < -0.3 is 9.32 Å². The molecule has 7 heteroatoms. The molecule has 0 saturated carbocycles. The van der Waals surface area contributed by atoms with Crippen LogP contribution in [0.4, 0.5) is 5.69 Å². The number of anilines is 1. The van der Waals surface area contributed by atoms with Crippen molar-refractivity contribution in [1.82, 2.24) is 14.6 Å². The molecule has 0 N–H and O–H groups in total. The predicted octanol–water partition coefficient (Wildman–Crippen LogP) is 2.80. The topological polar surface area (TPSA) is 63.6 Å². The van der Waals surface area contributed by atoms with Crippen LogP contribution in [-0.2, 0) is 0 Å². The monoisotopic (exact) mass is 366 g/mol. The normalized spacial score (nSPS) is 12.2. The van der Waals surface area contributed by atoms with E-state index in [0.29, 0.717) is 21.1 Å². The summed E-state index contributed by atoms with van der Waals surface area (Å²) < 4.78 is 7.23. The Bertz CT molecular complexity index is 1120. The van der Waals surface area contributed by atoms with Crippen molar-refractivity contribution in [2.24, 2.45) is 0 Å². The van der Waals surface area contributed by atoms with E-state index in [4.69, 9.17) is 4.42 Å². The summed E-state index contributed by atoms with van der Waals surface area (Å²) in [7, 11) is 0. The minimum Gasteiger partial charge on any atom is -0.461 e. The molecule has 0 fully saturated rings. The fraction of sp³-hybridized carbons (Fsp3) is 0.211. The van der Waals surface area contributed by atoms with Crippen LogP contribution in [0.3, 0.4) is 0 Å². The Morgan fingerprint density at radius 2 is 1.96 bits per heavy atom. The predicted molar refractivity (Wildman–Crippen MR) is 104 cm³/mol. The van der Waals surface area contributed by atoms with Crippen molar-refractivity contribution in [2.45, 2.75) is 13.8 Å². The Hall–Kier alpha value is -2.93. The Balaban J connectivity index is 1.69. The van der Waals surface area contributed by atoms with E-state index in [1.54, 1.807) is 18.4 Å². The second-order valence-electron chi connectivity index (χ2n) is 5.79. The van der Waals surface area contributed by atoms with Crippen molar-refractivity contribution in [3.8, 4) is 11.6 Å². The summed E-state index contributed by atoms with van der Waals surface area (Å²) in [6.45, 7) is 6.21. The average Bonchev–Trinajstić information content (AvgIpc) is 3.37. The smallest absolute Gasteiger partial charge is 0.291 e. The van der Waals surface area contributed by atoms with Gasteiger partial charge in [-0.05, 0) is 49.8 Å². The maximum atomic E-state index is 12.6. The molecule has 6 nitrogen and oxygen atoms in total. The summed E-state index contributed by atoms with van der Waals surface area (Å²) in [5.41, 5.74) is 2.00. The highest BCUT2D eigenvalue weighted by Crippen LogP contribution is 2.17. The van der Waals surface area contributed by atoms with Crippen LogP contribution in [0, 0.1) is 0 Å². The summed E-state index contributed by atoms with van der Waals surface area (Å²) in [5, 5.41) is 4.26. The first-order valence-corrected chi connectivity index (χ1v) is 9.31. The van der Waals surface area contributed by atoms with Gasteiger partial charge >= 0.3 is 0 Å². The molecule has 0 bridgehead atoms. The number of furan rings is 1. The van der Waals surface area contributed by atoms with E-state index in [0.717, 1.165) is 18.7 Å². The Morgan fingerprint density at radius 1 is 1.19 bits per heavy atom. The molecular formula is C19H18N4O2S. The van der Waals surface area contributed by atoms with Gasteiger partial charge in [0, 0.05) is 18.8 Å². The largest absolute Gasteiger partial charge is 0.461 e. The molecule has 0 aliphatic heterocycles. The van der Waals surface area contributed by atoms with Gasteiger partial charge in [-0.2, -0.15) is 9.50 Å². The van der Waals surface area contributed by atoms with E-state index in [-0.39, 0.29) is 5.56 Å². The van der Waals surface area contributed by atoms with Crippen molar-refractivity contribution in [1.29, 1.82) is 0 Å². The fourth-order valence-electron chi connectivity index (χ4n) is 2.87. The van der Waals surface area contributed by atoms with Gasteiger partial charge in [-0.3, -0.25) is 4.79 Å². The highest BCUT2D eigenvalue weighted by Gasteiger charge is 2.13. The second kappa shape index (κ2) is 6.76. The van der Waals surface area contributed by atoms with Gasteiger partial charge in [-0.15, -0.1) is 5.10 Å². The van der Waals surface area contributed by atoms with Crippen LogP contribution in [-0.4, -0.2) is 27.7 Å². The summed E-state index contributed by atoms with van der Waals surface area (Å²) >= 11 is 1.33. The van der Waals surface area contributed by atoms with E-state index >= 15 is 0 Å². The quantitative estimate of drug-likeness (QED) is 0.543. The molecule has 0 aliphatic carbocycles. The van der Waals surface area contributed by atoms with Gasteiger partial charge in [-0.25, -0.2) is 0 Å². The lowest BCUT2D eigenvalue weighted by Crippen LogP contribution is -2.23. The van der Waals surface area contributed by atoms with Crippen molar-refractivity contribution >= 4 is 28.1 Å². The summed E-state index contributed by atoms with van der Waals surface area (Å²) in [6, 6.07) is 11.7. The molecule has 0 radical (unpaired) electrons. The number of hydrogen-bond donors (Lipinski definition) is 0. The highest BCUT2D eigenvalue weighted by molar-refractivity contribution is 7.15. The lowest BCUT2D eigenvalue weighted by Gasteiger charge is -2.20. The molecule has 3 aromatic heterocycles. The second-order valence-corrected chi connectivity index (χ2v) is 6.80. The number of aromatic nitrogens is 3. The van der Waals surface area contributed by atoms with Crippen LogP contribution < -0.4 is 15.0 Å². The van der Waals surface area contributed by atoms with Crippen LogP contribution >= 0.6 is 11.3 Å². The Morgan fingerprint density at radius 3 is 2.58 bits per heavy atom. The fourth-order valence-corrected chi connectivity index (χ4v) is 3.77. The van der Waals surface area contributed by atoms with Gasteiger partial charge in [0.05, 0.1) is 10.8 Å². The lowest BCUT2D eigenvalue weighted by atomic mass is 10.2. The van der Waals surface area contributed by atoms with Crippen LogP contribution in [0.25, 0.3) is 22.6 Å². The SMILES string of the molecule is CCN(CC)c1ccc(C=c2sc3nc(-c4ccco4)nn3c2=O)cc1. The van der Waals surface area contributed by atoms with E-state index < -0.39 is 0 Å². The van der Waals surface area contributed by atoms with Crippen molar-refractivity contribution in [3.05, 3.63) is 63.1 Å². The molecule has 0 saturated heterocycles. The van der Waals surface area contributed by atoms with Crippen molar-refractivity contribution < 1.29 is 4.42 Å². The van der Waals surface area contributed by atoms with E-state index in [2.05, 4.69) is 41.0 Å². The lowest BCUT2D eigenvalue weighted by molar-refractivity contribution is 0.577. The summed E-state index contributed by atoms with van der Waals surface area (Å²) in [4.78, 5) is 19.8. The highest BCUT2D eigenvalue weighted by atomic mass is 32.1. The molecule has 0 aliphatic rings. The zero-order valence-corrected chi connectivity index (χ0v) is 15.4. The molecule has 0 atom stereocenters. The first-order chi connectivity index (χ1) is 12.7. The molecule has 1 aromatic carbocycles. The molecule has 0 spiro atoms. The van der Waals surface area contributed by atoms with Crippen LogP contribution in [0.5, 0.6) is 0 Å². The number of benzene rings is 1. The Kier molecular flexibility index (Phi) is 4.30. The standard InChI is InChI=1S/C19H18N4O2S/c1-3-22(4-2)14-9-7-13(8-10-14)12-16-18(24)23-19(26-16)20-17(21-23)15-6-5-11-25-15/h5-12H,3-4H2,1-2H3.